The second-order valence-corrected chi connectivity index (χ2v) is 7.64. The first-order valence-electron chi connectivity index (χ1n) is 10.4. The monoisotopic (exact) mass is 432 g/mol. The van der Waals surface area contributed by atoms with Crippen molar-refractivity contribution in [2.75, 3.05) is 31.6 Å². The molecule has 0 radical (unpaired) electrons. The van der Waals surface area contributed by atoms with E-state index in [9.17, 15) is 14.9 Å². The number of aromatic nitrogens is 1. The summed E-state index contributed by atoms with van der Waals surface area (Å²) < 4.78 is 5.28. The summed E-state index contributed by atoms with van der Waals surface area (Å²) in [5.41, 5.74) is 3.20. The van der Waals surface area contributed by atoms with Gasteiger partial charge in [-0.2, -0.15) is 0 Å². The van der Waals surface area contributed by atoms with E-state index in [1.54, 1.807) is 23.2 Å². The minimum atomic E-state index is -0.468. The number of pyridine rings is 1. The number of carbonyl (C=O) groups excluding carboxylic acids is 1. The summed E-state index contributed by atoms with van der Waals surface area (Å²) in [5, 5.41) is 15.2. The number of nitro groups is 1. The zero-order valence-corrected chi connectivity index (χ0v) is 17.7. The minimum Gasteiger partial charge on any atom is -0.378 e. The fraction of sp³-hybridized carbons (Fsp3) is 0.250. The smallest absolute Gasteiger partial charge is 0.293 e. The van der Waals surface area contributed by atoms with Crippen LogP contribution in [0, 0.1) is 17.0 Å². The van der Waals surface area contributed by atoms with E-state index < -0.39 is 11.0 Å². The van der Waals surface area contributed by atoms with Gasteiger partial charge in [0.25, 0.3) is 11.6 Å². The number of rotatable bonds is 6. The summed E-state index contributed by atoms with van der Waals surface area (Å²) in [6.07, 6.45) is 1.69. The zero-order chi connectivity index (χ0) is 22.5. The number of morpholine rings is 1. The summed E-state index contributed by atoms with van der Waals surface area (Å²) in [4.78, 5) is 30.3. The molecule has 1 atom stereocenters. The Hall–Kier alpha value is -3.78. The van der Waals surface area contributed by atoms with Crippen LogP contribution in [0.25, 0.3) is 0 Å². The molecule has 32 heavy (non-hydrogen) atoms. The van der Waals surface area contributed by atoms with E-state index >= 15 is 0 Å². The number of nitro benzene ring substituents is 1. The number of hydrogen-bond acceptors (Lipinski definition) is 6. The molecule has 1 unspecified atom stereocenters. The van der Waals surface area contributed by atoms with Gasteiger partial charge in [-0.1, -0.05) is 35.9 Å². The summed E-state index contributed by atoms with van der Waals surface area (Å²) >= 11 is 0. The summed E-state index contributed by atoms with van der Waals surface area (Å²) in [7, 11) is 0. The van der Waals surface area contributed by atoms with Crippen molar-refractivity contribution in [3.63, 3.8) is 0 Å². The lowest BCUT2D eigenvalue weighted by Gasteiger charge is -2.27. The average molecular weight is 432 g/mol. The maximum Gasteiger partial charge on any atom is 0.293 e. The summed E-state index contributed by atoms with van der Waals surface area (Å²) in [6.45, 7) is 3.88. The molecule has 2 heterocycles. The molecule has 0 aliphatic carbocycles. The van der Waals surface area contributed by atoms with Gasteiger partial charge < -0.3 is 15.0 Å². The molecular formula is C24H24N4O4. The maximum absolute atomic E-state index is 12.8. The molecule has 164 valence electrons. The number of carbonyl (C=O) groups is 1. The van der Waals surface area contributed by atoms with Crippen LogP contribution >= 0.6 is 0 Å². The van der Waals surface area contributed by atoms with Crippen LogP contribution in [0.1, 0.15) is 33.2 Å². The normalized spacial score (nSPS) is 14.6. The first-order chi connectivity index (χ1) is 15.5. The number of nitrogens with zero attached hydrogens (tertiary/aromatic N) is 3. The Bertz CT molecular complexity index is 1110. The van der Waals surface area contributed by atoms with Gasteiger partial charge in [-0.25, -0.2) is 0 Å². The number of aryl methyl sites for hydroxylation is 1. The molecule has 8 heteroatoms. The van der Waals surface area contributed by atoms with Gasteiger partial charge in [0.2, 0.25) is 0 Å². The highest BCUT2D eigenvalue weighted by atomic mass is 16.6. The van der Waals surface area contributed by atoms with E-state index in [1.165, 1.54) is 6.07 Å². The second kappa shape index (κ2) is 9.57. The molecule has 0 spiro atoms. The van der Waals surface area contributed by atoms with Gasteiger partial charge in [0.05, 0.1) is 29.9 Å². The predicted octanol–water partition coefficient (Wildman–Crippen LogP) is 3.97. The zero-order valence-electron chi connectivity index (χ0n) is 17.7. The SMILES string of the molecule is Cc1cccc(C(Nc2ccc(C(=O)N3CCOCC3)cc2[N+](=O)[O-])c2ccccn2)c1. The Morgan fingerprint density at radius 2 is 1.94 bits per heavy atom. The third kappa shape index (κ3) is 4.76. The van der Waals surface area contributed by atoms with E-state index in [0.717, 1.165) is 16.8 Å². The van der Waals surface area contributed by atoms with Crippen molar-refractivity contribution in [1.29, 1.82) is 0 Å². The van der Waals surface area contributed by atoms with Crippen LogP contribution < -0.4 is 5.32 Å². The van der Waals surface area contributed by atoms with Crippen LogP contribution in [0.3, 0.4) is 0 Å². The maximum atomic E-state index is 12.8. The van der Waals surface area contributed by atoms with Gasteiger partial charge in [-0.3, -0.25) is 19.9 Å². The molecular weight excluding hydrogens is 408 g/mol. The lowest BCUT2D eigenvalue weighted by Crippen LogP contribution is -2.40. The van der Waals surface area contributed by atoms with Gasteiger partial charge in [0.15, 0.2) is 0 Å². The quantitative estimate of drug-likeness (QED) is 0.468. The van der Waals surface area contributed by atoms with Crippen molar-refractivity contribution < 1.29 is 14.5 Å². The largest absolute Gasteiger partial charge is 0.378 e. The molecule has 3 aromatic rings. The number of hydrogen-bond donors (Lipinski definition) is 1. The number of ether oxygens (including phenoxy) is 1. The molecule has 0 bridgehead atoms. The number of amides is 1. The molecule has 0 saturated carbocycles. The third-order valence-corrected chi connectivity index (χ3v) is 5.40. The first-order valence-corrected chi connectivity index (χ1v) is 10.4. The lowest BCUT2D eigenvalue weighted by atomic mass is 10.00. The highest BCUT2D eigenvalue weighted by Gasteiger charge is 2.25. The fourth-order valence-corrected chi connectivity index (χ4v) is 3.77. The minimum absolute atomic E-state index is 0.155. The van der Waals surface area contributed by atoms with Crippen LogP contribution in [0.2, 0.25) is 0 Å². The third-order valence-electron chi connectivity index (χ3n) is 5.40. The van der Waals surface area contributed by atoms with Crippen molar-refractivity contribution in [2.24, 2.45) is 0 Å². The molecule has 1 aliphatic rings. The highest BCUT2D eigenvalue weighted by Crippen LogP contribution is 2.32. The Labute approximate surface area is 186 Å². The molecule has 8 nitrogen and oxygen atoms in total. The molecule has 2 aromatic carbocycles. The van der Waals surface area contributed by atoms with Crippen LogP contribution in [0.4, 0.5) is 11.4 Å². The number of nitrogens with one attached hydrogen (secondary N) is 1. The van der Waals surface area contributed by atoms with Gasteiger partial charge in [-0.05, 0) is 36.8 Å². The van der Waals surface area contributed by atoms with Crippen molar-refractivity contribution in [1.82, 2.24) is 9.88 Å². The Kier molecular flexibility index (Phi) is 6.42. The topological polar surface area (TPSA) is 97.6 Å². The molecule has 1 N–H and O–H groups in total. The number of benzene rings is 2. The standard InChI is InChI=1S/C24H24N4O4/c1-17-5-4-6-18(15-17)23(21-7-2-3-10-25-21)26-20-9-8-19(16-22(20)28(30)31)24(29)27-11-13-32-14-12-27/h2-10,15-16,23,26H,11-14H2,1H3. The molecule has 1 fully saturated rings. The first kappa shape index (κ1) is 21.5. The number of anilines is 1. The van der Waals surface area contributed by atoms with Gasteiger partial charge in [0.1, 0.15) is 5.69 Å². The molecule has 1 amide bonds. The van der Waals surface area contributed by atoms with Gasteiger partial charge >= 0.3 is 0 Å². The van der Waals surface area contributed by atoms with E-state index in [0.29, 0.717) is 32.0 Å². The summed E-state index contributed by atoms with van der Waals surface area (Å²) in [5.74, 6) is -0.233. The lowest BCUT2D eigenvalue weighted by molar-refractivity contribution is -0.384. The van der Waals surface area contributed by atoms with Crippen LogP contribution in [-0.4, -0.2) is 47.0 Å². The van der Waals surface area contributed by atoms with Crippen LogP contribution in [0.15, 0.2) is 66.9 Å². The molecule has 1 aromatic heterocycles. The van der Waals surface area contributed by atoms with E-state index in [-0.39, 0.29) is 17.2 Å². The van der Waals surface area contributed by atoms with E-state index in [4.69, 9.17) is 4.74 Å². The van der Waals surface area contributed by atoms with Crippen molar-refractivity contribution in [3.8, 4) is 0 Å². The molecule has 1 saturated heterocycles. The van der Waals surface area contributed by atoms with Crippen molar-refractivity contribution in [2.45, 2.75) is 13.0 Å². The van der Waals surface area contributed by atoms with Crippen LogP contribution in [-0.2, 0) is 4.74 Å². The Morgan fingerprint density at radius 1 is 1.12 bits per heavy atom. The Balaban J connectivity index is 1.69. The fourth-order valence-electron chi connectivity index (χ4n) is 3.77. The van der Waals surface area contributed by atoms with E-state index in [1.807, 2.05) is 49.4 Å². The predicted molar refractivity (Wildman–Crippen MR) is 121 cm³/mol. The van der Waals surface area contributed by atoms with E-state index in [2.05, 4.69) is 10.3 Å². The van der Waals surface area contributed by atoms with Crippen molar-refractivity contribution in [3.05, 3.63) is 99.4 Å². The van der Waals surface area contributed by atoms with Gasteiger partial charge in [-0.15, -0.1) is 0 Å². The molecule has 4 rings (SSSR count). The van der Waals surface area contributed by atoms with Gasteiger partial charge in [0, 0.05) is 30.9 Å². The van der Waals surface area contributed by atoms with Crippen LogP contribution in [0.5, 0.6) is 0 Å². The molecule has 1 aliphatic heterocycles. The van der Waals surface area contributed by atoms with Crippen molar-refractivity contribution >= 4 is 17.3 Å². The second-order valence-electron chi connectivity index (χ2n) is 7.64. The highest BCUT2D eigenvalue weighted by molar-refractivity contribution is 5.95. The summed E-state index contributed by atoms with van der Waals surface area (Å²) in [6, 6.07) is 17.7. The average Bonchev–Trinajstić information content (AvgIpc) is 2.83. The Morgan fingerprint density at radius 3 is 2.62 bits per heavy atom.